The van der Waals surface area contributed by atoms with Gasteiger partial charge in [-0.1, -0.05) is 12.1 Å². The van der Waals surface area contributed by atoms with Gasteiger partial charge in [0.25, 0.3) is 5.91 Å². The van der Waals surface area contributed by atoms with E-state index >= 15 is 0 Å². The predicted octanol–water partition coefficient (Wildman–Crippen LogP) is 2.06. The summed E-state index contributed by atoms with van der Waals surface area (Å²) in [6, 6.07) is 7.27. The van der Waals surface area contributed by atoms with E-state index in [0.29, 0.717) is 18.1 Å². The standard InChI is InChI=1S/C18H22N4O3S/c1-11-4-5-12(2)15(8-11)22-17-9-16(19-13(3)20-17)18(23)21-14-6-7-26(24,25)10-14/h4-5,8-9,14H,6-7,10H2,1-3H3,(H,21,23)(H,19,20,22). The Hall–Kier alpha value is -2.48. The fourth-order valence-electron chi connectivity index (χ4n) is 2.92. The highest BCUT2D eigenvalue weighted by atomic mass is 32.2. The molecule has 0 spiro atoms. The molecule has 1 aromatic heterocycles. The number of rotatable bonds is 4. The van der Waals surface area contributed by atoms with Crippen LogP contribution in [0.2, 0.25) is 0 Å². The van der Waals surface area contributed by atoms with Gasteiger partial charge in [0.15, 0.2) is 9.84 Å². The molecule has 7 nitrogen and oxygen atoms in total. The Morgan fingerprint density at radius 2 is 1.92 bits per heavy atom. The maximum Gasteiger partial charge on any atom is 0.270 e. The van der Waals surface area contributed by atoms with Crippen LogP contribution in [0.25, 0.3) is 0 Å². The molecular formula is C18H22N4O3S. The van der Waals surface area contributed by atoms with Crippen LogP contribution in [-0.2, 0) is 9.84 Å². The van der Waals surface area contributed by atoms with E-state index in [0.717, 1.165) is 16.8 Å². The minimum atomic E-state index is -3.05. The van der Waals surface area contributed by atoms with Crippen molar-refractivity contribution in [2.75, 3.05) is 16.8 Å². The summed E-state index contributed by atoms with van der Waals surface area (Å²) in [5.41, 5.74) is 3.31. The second-order valence-electron chi connectivity index (χ2n) is 6.70. The van der Waals surface area contributed by atoms with Gasteiger partial charge in [-0.2, -0.15) is 0 Å². The number of hydrogen-bond donors (Lipinski definition) is 2. The number of anilines is 2. The van der Waals surface area contributed by atoms with Crippen molar-refractivity contribution >= 4 is 27.2 Å². The molecule has 1 aromatic carbocycles. The molecule has 1 saturated heterocycles. The van der Waals surface area contributed by atoms with Crippen molar-refractivity contribution in [1.82, 2.24) is 15.3 Å². The molecule has 1 atom stereocenters. The number of carbonyl (C=O) groups excluding carboxylic acids is 1. The van der Waals surface area contributed by atoms with Crippen molar-refractivity contribution in [3.63, 3.8) is 0 Å². The lowest BCUT2D eigenvalue weighted by Gasteiger charge is -2.13. The molecule has 26 heavy (non-hydrogen) atoms. The van der Waals surface area contributed by atoms with Gasteiger partial charge in [0.05, 0.1) is 11.5 Å². The average molecular weight is 374 g/mol. The van der Waals surface area contributed by atoms with Crippen LogP contribution in [0.5, 0.6) is 0 Å². The highest BCUT2D eigenvalue weighted by Crippen LogP contribution is 2.21. The van der Waals surface area contributed by atoms with Gasteiger partial charge >= 0.3 is 0 Å². The smallest absolute Gasteiger partial charge is 0.270 e. The van der Waals surface area contributed by atoms with E-state index in [1.54, 1.807) is 13.0 Å². The van der Waals surface area contributed by atoms with Crippen LogP contribution in [0.3, 0.4) is 0 Å². The summed E-state index contributed by atoms with van der Waals surface area (Å²) in [4.78, 5) is 21.0. The zero-order valence-electron chi connectivity index (χ0n) is 15.0. The number of aromatic nitrogens is 2. The Morgan fingerprint density at radius 3 is 2.62 bits per heavy atom. The molecule has 0 saturated carbocycles. The van der Waals surface area contributed by atoms with E-state index in [9.17, 15) is 13.2 Å². The molecule has 2 N–H and O–H groups in total. The molecule has 8 heteroatoms. The molecule has 0 radical (unpaired) electrons. The molecule has 3 rings (SSSR count). The Bertz CT molecular complexity index is 957. The molecule has 0 aliphatic carbocycles. The van der Waals surface area contributed by atoms with E-state index in [-0.39, 0.29) is 29.1 Å². The molecule has 2 heterocycles. The van der Waals surface area contributed by atoms with Crippen LogP contribution in [0.1, 0.15) is 33.9 Å². The second-order valence-corrected chi connectivity index (χ2v) is 8.93. The molecule has 0 bridgehead atoms. The summed E-state index contributed by atoms with van der Waals surface area (Å²) >= 11 is 0. The van der Waals surface area contributed by atoms with Crippen LogP contribution in [-0.4, -0.2) is 41.8 Å². The first-order valence-corrected chi connectivity index (χ1v) is 10.3. The third kappa shape index (κ3) is 4.37. The quantitative estimate of drug-likeness (QED) is 0.849. The van der Waals surface area contributed by atoms with Gasteiger partial charge < -0.3 is 10.6 Å². The zero-order valence-corrected chi connectivity index (χ0v) is 15.9. The number of aryl methyl sites for hydroxylation is 3. The van der Waals surface area contributed by atoms with Crippen LogP contribution >= 0.6 is 0 Å². The Balaban J connectivity index is 1.79. The first-order valence-electron chi connectivity index (χ1n) is 8.43. The summed E-state index contributed by atoms with van der Waals surface area (Å²) < 4.78 is 23.1. The minimum absolute atomic E-state index is 0.0175. The van der Waals surface area contributed by atoms with Crippen molar-refractivity contribution in [2.45, 2.75) is 33.2 Å². The third-order valence-corrected chi connectivity index (χ3v) is 6.06. The first kappa shape index (κ1) is 18.3. The van der Waals surface area contributed by atoms with Crippen molar-refractivity contribution in [3.8, 4) is 0 Å². The highest BCUT2D eigenvalue weighted by Gasteiger charge is 2.29. The topological polar surface area (TPSA) is 101 Å². The zero-order chi connectivity index (χ0) is 18.9. The van der Waals surface area contributed by atoms with Crippen LogP contribution in [0.4, 0.5) is 11.5 Å². The van der Waals surface area contributed by atoms with Gasteiger partial charge in [0.2, 0.25) is 0 Å². The summed E-state index contributed by atoms with van der Waals surface area (Å²) in [7, 11) is -3.05. The lowest BCUT2D eigenvalue weighted by molar-refractivity contribution is 0.0935. The molecule has 1 aliphatic heterocycles. The van der Waals surface area contributed by atoms with Gasteiger partial charge in [-0.3, -0.25) is 4.79 Å². The van der Waals surface area contributed by atoms with Gasteiger partial charge in [0.1, 0.15) is 17.3 Å². The molecular weight excluding hydrogens is 352 g/mol. The van der Waals surface area contributed by atoms with E-state index < -0.39 is 9.84 Å². The number of hydrogen-bond acceptors (Lipinski definition) is 6. The van der Waals surface area contributed by atoms with E-state index in [1.165, 1.54) is 0 Å². The van der Waals surface area contributed by atoms with Gasteiger partial charge in [-0.15, -0.1) is 0 Å². The SMILES string of the molecule is Cc1ccc(C)c(Nc2cc(C(=O)NC3CCS(=O)(=O)C3)nc(C)n2)c1. The number of carbonyl (C=O) groups is 1. The van der Waals surface area contributed by atoms with Gasteiger partial charge in [0, 0.05) is 17.8 Å². The lowest BCUT2D eigenvalue weighted by Crippen LogP contribution is -2.36. The van der Waals surface area contributed by atoms with E-state index in [4.69, 9.17) is 0 Å². The number of amides is 1. The lowest BCUT2D eigenvalue weighted by atomic mass is 10.1. The Labute approximate surface area is 153 Å². The van der Waals surface area contributed by atoms with Crippen LogP contribution < -0.4 is 10.6 Å². The van der Waals surface area contributed by atoms with Crippen molar-refractivity contribution in [2.24, 2.45) is 0 Å². The molecule has 1 unspecified atom stereocenters. The summed E-state index contributed by atoms with van der Waals surface area (Å²) in [5, 5.41) is 5.98. The fraction of sp³-hybridized carbons (Fsp3) is 0.389. The predicted molar refractivity (Wildman–Crippen MR) is 100 cm³/mol. The summed E-state index contributed by atoms with van der Waals surface area (Å²) in [6.07, 6.45) is 0.436. The number of sulfone groups is 1. The van der Waals surface area contributed by atoms with Gasteiger partial charge in [-0.05, 0) is 44.4 Å². The summed E-state index contributed by atoms with van der Waals surface area (Å²) in [6.45, 7) is 5.71. The number of nitrogens with one attached hydrogen (secondary N) is 2. The van der Waals surface area contributed by atoms with E-state index in [1.807, 2.05) is 32.0 Å². The van der Waals surface area contributed by atoms with Gasteiger partial charge in [-0.25, -0.2) is 18.4 Å². The third-order valence-electron chi connectivity index (χ3n) is 4.29. The maximum absolute atomic E-state index is 12.5. The molecule has 2 aromatic rings. The maximum atomic E-state index is 12.5. The second kappa shape index (κ2) is 7.03. The molecule has 1 fully saturated rings. The minimum Gasteiger partial charge on any atom is -0.347 e. The Kier molecular flexibility index (Phi) is 4.95. The average Bonchev–Trinajstić information content (AvgIpc) is 2.89. The Morgan fingerprint density at radius 1 is 1.15 bits per heavy atom. The normalized spacial score (nSPS) is 18.5. The van der Waals surface area contributed by atoms with Crippen LogP contribution in [0.15, 0.2) is 24.3 Å². The van der Waals surface area contributed by atoms with Crippen LogP contribution in [0, 0.1) is 20.8 Å². The molecule has 1 amide bonds. The largest absolute Gasteiger partial charge is 0.347 e. The van der Waals surface area contributed by atoms with Crippen molar-refractivity contribution in [3.05, 3.63) is 46.9 Å². The highest BCUT2D eigenvalue weighted by molar-refractivity contribution is 7.91. The number of nitrogens with zero attached hydrogens (tertiary/aromatic N) is 2. The van der Waals surface area contributed by atoms with Crippen molar-refractivity contribution < 1.29 is 13.2 Å². The fourth-order valence-corrected chi connectivity index (χ4v) is 4.60. The van der Waals surface area contributed by atoms with Crippen molar-refractivity contribution in [1.29, 1.82) is 0 Å². The molecule has 1 aliphatic rings. The monoisotopic (exact) mass is 374 g/mol. The first-order chi connectivity index (χ1) is 12.2. The number of benzene rings is 1. The van der Waals surface area contributed by atoms with E-state index in [2.05, 4.69) is 20.6 Å². The summed E-state index contributed by atoms with van der Waals surface area (Å²) in [5.74, 6) is 0.692. The molecule has 138 valence electrons.